The van der Waals surface area contributed by atoms with E-state index in [-0.39, 0.29) is 0 Å². The zero-order chi connectivity index (χ0) is 11.0. The van der Waals surface area contributed by atoms with Crippen LogP contribution < -0.4 is 0 Å². The van der Waals surface area contributed by atoms with E-state index >= 15 is 0 Å². The van der Waals surface area contributed by atoms with Gasteiger partial charge in [0.15, 0.2) is 0 Å². The number of ether oxygens (including phenoxy) is 2. The predicted octanol–water partition coefficient (Wildman–Crippen LogP) is 0.892. The molecule has 2 unspecified atom stereocenters. The van der Waals surface area contributed by atoms with E-state index in [1.807, 2.05) is 6.92 Å². The minimum absolute atomic E-state index is 0.344. The summed E-state index contributed by atoms with van der Waals surface area (Å²) >= 11 is 0. The summed E-state index contributed by atoms with van der Waals surface area (Å²) in [4.78, 5) is 10.9. The van der Waals surface area contributed by atoms with E-state index in [1.165, 1.54) is 12.2 Å². The lowest BCUT2D eigenvalue weighted by atomic mass is 10.2. The van der Waals surface area contributed by atoms with Crippen LogP contribution in [0.3, 0.4) is 0 Å². The fourth-order valence-electron chi connectivity index (χ4n) is 0.912. The molecule has 82 valence electrons. The summed E-state index contributed by atoms with van der Waals surface area (Å²) in [6, 6.07) is 0. The average Bonchev–Trinajstić information content (AvgIpc) is 2.12. The summed E-state index contributed by atoms with van der Waals surface area (Å²) < 4.78 is 9.87. The Morgan fingerprint density at radius 1 is 1.43 bits per heavy atom. The molecule has 0 aromatic rings. The summed E-state index contributed by atoms with van der Waals surface area (Å²) in [7, 11) is 0. The van der Waals surface area contributed by atoms with E-state index < -0.39 is 18.2 Å². The van der Waals surface area contributed by atoms with Gasteiger partial charge in [0.25, 0.3) is 0 Å². The highest BCUT2D eigenvalue weighted by molar-refractivity contribution is 5.81. The van der Waals surface area contributed by atoms with Gasteiger partial charge in [0.2, 0.25) is 0 Å². The summed E-state index contributed by atoms with van der Waals surface area (Å²) in [5.41, 5.74) is 0. The van der Waals surface area contributed by atoms with Gasteiger partial charge in [-0.15, -0.1) is 0 Å². The molecule has 0 aliphatic heterocycles. The third-order valence-electron chi connectivity index (χ3n) is 1.54. The molecular weight excluding hydrogens is 184 g/mol. The number of aliphatic hydroxyl groups excluding tert-OH is 1. The lowest BCUT2D eigenvalue weighted by Crippen LogP contribution is -2.24. The van der Waals surface area contributed by atoms with Gasteiger partial charge in [-0.1, -0.05) is 0 Å². The summed E-state index contributed by atoms with van der Waals surface area (Å²) in [5, 5.41) is 9.26. The smallest absolute Gasteiger partial charge is 0.330 e. The van der Waals surface area contributed by atoms with Crippen LogP contribution in [-0.4, -0.2) is 36.5 Å². The van der Waals surface area contributed by atoms with Gasteiger partial charge in [-0.3, -0.25) is 0 Å². The number of carbonyl (C=O) groups is 1. The Hall–Kier alpha value is -0.870. The van der Waals surface area contributed by atoms with Crippen LogP contribution in [0.25, 0.3) is 0 Å². The standard InChI is InChI=1S/C10H18O4/c1-4-13-9(8(3)11)6-7-10(12)14-5-2/h6-9,11H,4-5H2,1-3H3/b7-6+. The van der Waals surface area contributed by atoms with Gasteiger partial charge in [-0.05, 0) is 26.8 Å². The summed E-state index contributed by atoms with van der Waals surface area (Å²) in [5.74, 6) is -0.419. The number of carbonyl (C=O) groups excluding carboxylic acids is 1. The fourth-order valence-corrected chi connectivity index (χ4v) is 0.912. The maximum atomic E-state index is 10.9. The number of esters is 1. The van der Waals surface area contributed by atoms with Crippen molar-refractivity contribution in [2.45, 2.75) is 33.0 Å². The molecule has 0 radical (unpaired) electrons. The minimum Gasteiger partial charge on any atom is -0.463 e. The van der Waals surface area contributed by atoms with E-state index in [9.17, 15) is 9.90 Å². The first kappa shape index (κ1) is 13.1. The van der Waals surface area contributed by atoms with E-state index in [0.29, 0.717) is 13.2 Å². The fraction of sp³-hybridized carbons (Fsp3) is 0.700. The van der Waals surface area contributed by atoms with Crippen molar-refractivity contribution in [3.63, 3.8) is 0 Å². The Morgan fingerprint density at radius 3 is 2.50 bits per heavy atom. The van der Waals surface area contributed by atoms with Crippen LogP contribution in [0.15, 0.2) is 12.2 Å². The molecule has 0 aliphatic carbocycles. The molecule has 0 aromatic heterocycles. The summed E-state index contributed by atoms with van der Waals surface area (Å²) in [6.07, 6.45) is 1.69. The second kappa shape index (κ2) is 7.53. The highest BCUT2D eigenvalue weighted by atomic mass is 16.5. The molecule has 0 rings (SSSR count). The zero-order valence-electron chi connectivity index (χ0n) is 8.90. The van der Waals surface area contributed by atoms with Gasteiger partial charge >= 0.3 is 5.97 Å². The van der Waals surface area contributed by atoms with Crippen molar-refractivity contribution in [2.75, 3.05) is 13.2 Å². The second-order valence-corrected chi connectivity index (χ2v) is 2.77. The van der Waals surface area contributed by atoms with Crippen molar-refractivity contribution in [1.82, 2.24) is 0 Å². The van der Waals surface area contributed by atoms with Crippen LogP contribution >= 0.6 is 0 Å². The Morgan fingerprint density at radius 2 is 2.07 bits per heavy atom. The van der Waals surface area contributed by atoms with Gasteiger partial charge < -0.3 is 14.6 Å². The Bertz CT molecular complexity index is 187. The minimum atomic E-state index is -0.638. The van der Waals surface area contributed by atoms with Gasteiger partial charge in [-0.2, -0.15) is 0 Å². The lowest BCUT2D eigenvalue weighted by molar-refractivity contribution is -0.137. The van der Waals surface area contributed by atoms with Crippen molar-refractivity contribution in [3.8, 4) is 0 Å². The SMILES string of the molecule is CCOC(=O)/C=C/C(OCC)C(C)O. The highest BCUT2D eigenvalue weighted by Crippen LogP contribution is 2.01. The molecule has 0 bridgehead atoms. The molecule has 0 heterocycles. The normalized spacial score (nSPS) is 15.4. The highest BCUT2D eigenvalue weighted by Gasteiger charge is 2.11. The topological polar surface area (TPSA) is 55.8 Å². The molecule has 0 aliphatic rings. The molecule has 4 nitrogen and oxygen atoms in total. The van der Waals surface area contributed by atoms with E-state index in [0.717, 1.165) is 0 Å². The molecule has 0 amide bonds. The largest absolute Gasteiger partial charge is 0.463 e. The first-order valence-electron chi connectivity index (χ1n) is 4.76. The Balaban J connectivity index is 4.07. The Kier molecular flexibility index (Phi) is 7.06. The van der Waals surface area contributed by atoms with E-state index in [2.05, 4.69) is 4.74 Å². The summed E-state index contributed by atoms with van der Waals surface area (Å²) in [6.45, 7) is 6.00. The average molecular weight is 202 g/mol. The first-order chi connectivity index (χ1) is 6.61. The second-order valence-electron chi connectivity index (χ2n) is 2.77. The number of rotatable bonds is 6. The molecule has 0 saturated carbocycles. The van der Waals surface area contributed by atoms with Crippen LogP contribution in [0.1, 0.15) is 20.8 Å². The van der Waals surface area contributed by atoms with Crippen molar-refractivity contribution in [3.05, 3.63) is 12.2 Å². The molecule has 4 heteroatoms. The van der Waals surface area contributed by atoms with Crippen LogP contribution in [0.2, 0.25) is 0 Å². The molecular formula is C10H18O4. The number of hydrogen-bond donors (Lipinski definition) is 1. The lowest BCUT2D eigenvalue weighted by Gasteiger charge is -2.15. The van der Waals surface area contributed by atoms with Gasteiger partial charge in [-0.25, -0.2) is 4.79 Å². The quantitative estimate of drug-likeness (QED) is 0.513. The molecule has 0 spiro atoms. The third-order valence-corrected chi connectivity index (χ3v) is 1.54. The number of aliphatic hydroxyl groups is 1. The van der Waals surface area contributed by atoms with E-state index in [1.54, 1.807) is 13.8 Å². The zero-order valence-corrected chi connectivity index (χ0v) is 8.90. The Labute approximate surface area is 84.5 Å². The van der Waals surface area contributed by atoms with Crippen LogP contribution in [0, 0.1) is 0 Å². The van der Waals surface area contributed by atoms with Gasteiger partial charge in [0.05, 0.1) is 12.7 Å². The maximum Gasteiger partial charge on any atom is 0.330 e. The molecule has 1 N–H and O–H groups in total. The van der Waals surface area contributed by atoms with Gasteiger partial charge in [0, 0.05) is 12.7 Å². The van der Waals surface area contributed by atoms with Gasteiger partial charge in [0.1, 0.15) is 6.10 Å². The van der Waals surface area contributed by atoms with Crippen molar-refractivity contribution < 1.29 is 19.4 Å². The van der Waals surface area contributed by atoms with E-state index in [4.69, 9.17) is 4.74 Å². The van der Waals surface area contributed by atoms with Crippen LogP contribution in [0.4, 0.5) is 0 Å². The molecule has 0 fully saturated rings. The van der Waals surface area contributed by atoms with Crippen molar-refractivity contribution >= 4 is 5.97 Å². The van der Waals surface area contributed by atoms with Crippen LogP contribution in [-0.2, 0) is 14.3 Å². The number of hydrogen-bond acceptors (Lipinski definition) is 4. The molecule has 14 heavy (non-hydrogen) atoms. The first-order valence-corrected chi connectivity index (χ1v) is 4.76. The third kappa shape index (κ3) is 5.72. The van der Waals surface area contributed by atoms with Crippen molar-refractivity contribution in [2.24, 2.45) is 0 Å². The van der Waals surface area contributed by atoms with Crippen LogP contribution in [0.5, 0.6) is 0 Å². The maximum absolute atomic E-state index is 10.9. The monoisotopic (exact) mass is 202 g/mol. The predicted molar refractivity (Wildman–Crippen MR) is 52.9 cm³/mol. The molecule has 0 saturated heterocycles. The molecule has 0 aromatic carbocycles. The van der Waals surface area contributed by atoms with Crippen molar-refractivity contribution in [1.29, 1.82) is 0 Å². The molecule has 2 atom stereocenters.